The van der Waals surface area contributed by atoms with E-state index in [9.17, 15) is 4.79 Å². The number of ether oxygens (including phenoxy) is 1. The molecular formula is C21H35N5O2. The summed E-state index contributed by atoms with van der Waals surface area (Å²) in [6.07, 6.45) is 0. The van der Waals surface area contributed by atoms with E-state index in [2.05, 4.69) is 41.2 Å². The smallest absolute Gasteiger partial charge is 0.219 e. The maximum absolute atomic E-state index is 11.4. The van der Waals surface area contributed by atoms with Crippen molar-refractivity contribution in [2.24, 2.45) is 4.99 Å². The summed E-state index contributed by atoms with van der Waals surface area (Å²) < 4.78 is 5.51. The molecule has 0 spiro atoms. The number of hydrogen-bond acceptors (Lipinski definition) is 4. The number of carbonyl (C=O) groups is 1. The molecule has 28 heavy (non-hydrogen) atoms. The summed E-state index contributed by atoms with van der Waals surface area (Å²) in [5, 5.41) is 3.37. The Morgan fingerprint density at radius 3 is 2.43 bits per heavy atom. The number of amides is 1. The van der Waals surface area contributed by atoms with Crippen LogP contribution >= 0.6 is 0 Å². The highest BCUT2D eigenvalue weighted by molar-refractivity contribution is 5.79. The highest BCUT2D eigenvalue weighted by atomic mass is 16.5. The molecule has 1 heterocycles. The van der Waals surface area contributed by atoms with Gasteiger partial charge in [0.15, 0.2) is 5.96 Å². The molecule has 0 unspecified atom stereocenters. The lowest BCUT2D eigenvalue weighted by Crippen LogP contribution is -2.48. The van der Waals surface area contributed by atoms with E-state index in [1.807, 2.05) is 24.0 Å². The van der Waals surface area contributed by atoms with Gasteiger partial charge in [0.2, 0.25) is 5.91 Å². The van der Waals surface area contributed by atoms with Gasteiger partial charge in [0.25, 0.3) is 0 Å². The first-order valence-electron chi connectivity index (χ1n) is 10.2. The van der Waals surface area contributed by atoms with E-state index in [1.54, 1.807) is 6.92 Å². The number of hydrogen-bond donors (Lipinski definition) is 1. The normalized spacial score (nSPS) is 15.4. The molecule has 1 amide bonds. The molecule has 0 atom stereocenters. The van der Waals surface area contributed by atoms with Crippen LogP contribution in [0.2, 0.25) is 0 Å². The minimum Gasteiger partial charge on any atom is -0.494 e. The summed E-state index contributed by atoms with van der Waals surface area (Å²) >= 11 is 0. The lowest BCUT2D eigenvalue weighted by atomic mass is 10.2. The monoisotopic (exact) mass is 389 g/mol. The number of guanidine groups is 1. The maximum atomic E-state index is 11.4. The topological polar surface area (TPSA) is 60.4 Å². The molecule has 1 aliphatic heterocycles. The van der Waals surface area contributed by atoms with Crippen LogP contribution in [0.15, 0.2) is 29.3 Å². The summed E-state index contributed by atoms with van der Waals surface area (Å²) in [5.74, 6) is 1.99. The van der Waals surface area contributed by atoms with Gasteiger partial charge in [-0.2, -0.15) is 0 Å². The van der Waals surface area contributed by atoms with Crippen LogP contribution in [0.5, 0.6) is 5.75 Å². The van der Waals surface area contributed by atoms with E-state index in [1.165, 1.54) is 5.56 Å². The van der Waals surface area contributed by atoms with Crippen molar-refractivity contribution in [3.05, 3.63) is 29.8 Å². The first-order chi connectivity index (χ1) is 13.5. The van der Waals surface area contributed by atoms with Crippen LogP contribution in [0.1, 0.15) is 26.3 Å². The molecule has 0 aromatic heterocycles. The van der Waals surface area contributed by atoms with Gasteiger partial charge in [0, 0.05) is 59.8 Å². The van der Waals surface area contributed by atoms with Gasteiger partial charge in [0.05, 0.1) is 13.2 Å². The Kier molecular flexibility index (Phi) is 9.07. The van der Waals surface area contributed by atoms with Crippen LogP contribution in [0.3, 0.4) is 0 Å². The van der Waals surface area contributed by atoms with Crippen LogP contribution in [0.4, 0.5) is 0 Å². The number of nitrogens with zero attached hydrogens (tertiary/aromatic N) is 4. The SMILES string of the molecule is CCNC(=NCCN1CCN(C(C)=O)CC1)N(C)Cc1ccc(OCC)cc1. The van der Waals surface area contributed by atoms with E-state index in [-0.39, 0.29) is 5.91 Å². The summed E-state index contributed by atoms with van der Waals surface area (Å²) in [7, 11) is 2.06. The van der Waals surface area contributed by atoms with Gasteiger partial charge in [-0.05, 0) is 31.5 Å². The average molecular weight is 390 g/mol. The van der Waals surface area contributed by atoms with Crippen molar-refractivity contribution in [2.75, 3.05) is 59.5 Å². The molecule has 1 saturated heterocycles. The second kappa shape index (κ2) is 11.5. The lowest BCUT2D eigenvalue weighted by molar-refractivity contribution is -0.130. The number of aliphatic imine (C=N–C) groups is 1. The summed E-state index contributed by atoms with van der Waals surface area (Å²) in [6.45, 7) is 13.2. The molecule has 1 aromatic rings. The summed E-state index contributed by atoms with van der Waals surface area (Å²) in [4.78, 5) is 22.6. The molecule has 1 aromatic carbocycles. The third-order valence-corrected chi connectivity index (χ3v) is 4.85. The van der Waals surface area contributed by atoms with E-state index in [0.29, 0.717) is 6.61 Å². The highest BCUT2D eigenvalue weighted by Crippen LogP contribution is 2.13. The van der Waals surface area contributed by atoms with Crippen LogP contribution in [-0.2, 0) is 11.3 Å². The maximum Gasteiger partial charge on any atom is 0.219 e. The van der Waals surface area contributed by atoms with Gasteiger partial charge in [-0.25, -0.2) is 0 Å². The zero-order chi connectivity index (χ0) is 20.4. The second-order valence-corrected chi connectivity index (χ2v) is 7.02. The molecular weight excluding hydrogens is 354 g/mol. The first kappa shape index (κ1) is 22.0. The fourth-order valence-corrected chi connectivity index (χ4v) is 3.26. The van der Waals surface area contributed by atoms with E-state index >= 15 is 0 Å². The van der Waals surface area contributed by atoms with Crippen LogP contribution in [-0.4, -0.2) is 86.0 Å². The van der Waals surface area contributed by atoms with Crippen molar-refractivity contribution in [2.45, 2.75) is 27.3 Å². The van der Waals surface area contributed by atoms with Crippen molar-refractivity contribution < 1.29 is 9.53 Å². The Morgan fingerprint density at radius 1 is 1.18 bits per heavy atom. The van der Waals surface area contributed by atoms with E-state index in [4.69, 9.17) is 9.73 Å². The third-order valence-electron chi connectivity index (χ3n) is 4.85. The summed E-state index contributed by atoms with van der Waals surface area (Å²) in [6, 6.07) is 8.22. The van der Waals surface area contributed by atoms with Gasteiger partial charge < -0.3 is 19.9 Å². The van der Waals surface area contributed by atoms with E-state index in [0.717, 1.165) is 64.1 Å². The molecule has 7 nitrogen and oxygen atoms in total. The minimum atomic E-state index is 0.169. The number of piperazine rings is 1. The molecule has 1 aliphatic rings. The molecule has 1 fully saturated rings. The highest BCUT2D eigenvalue weighted by Gasteiger charge is 2.18. The minimum absolute atomic E-state index is 0.169. The average Bonchev–Trinajstić information content (AvgIpc) is 2.69. The Bertz CT molecular complexity index is 624. The predicted molar refractivity (Wildman–Crippen MR) is 114 cm³/mol. The van der Waals surface area contributed by atoms with Gasteiger partial charge in [-0.15, -0.1) is 0 Å². The lowest BCUT2D eigenvalue weighted by Gasteiger charge is -2.33. The molecule has 0 saturated carbocycles. The molecule has 1 N–H and O–H groups in total. The number of rotatable bonds is 8. The molecule has 156 valence electrons. The molecule has 0 radical (unpaired) electrons. The molecule has 2 rings (SSSR count). The largest absolute Gasteiger partial charge is 0.494 e. The van der Waals surface area contributed by atoms with Crippen molar-refractivity contribution in [3.8, 4) is 5.75 Å². The number of nitrogens with one attached hydrogen (secondary N) is 1. The standard InChI is InChI=1S/C21H35N5O2/c1-5-22-21(23-11-12-25-13-15-26(16-14-25)18(3)27)24(4)17-19-7-9-20(10-8-19)28-6-2/h7-10H,5-6,11-17H2,1-4H3,(H,22,23). The Hall–Kier alpha value is -2.28. The van der Waals surface area contributed by atoms with Gasteiger partial charge in [0.1, 0.15) is 5.75 Å². The molecule has 7 heteroatoms. The quantitative estimate of drug-likeness (QED) is 0.541. The van der Waals surface area contributed by atoms with Crippen molar-refractivity contribution in [3.63, 3.8) is 0 Å². The second-order valence-electron chi connectivity index (χ2n) is 7.02. The van der Waals surface area contributed by atoms with Crippen molar-refractivity contribution in [1.29, 1.82) is 0 Å². The molecule has 0 bridgehead atoms. The van der Waals surface area contributed by atoms with Crippen molar-refractivity contribution >= 4 is 11.9 Å². The van der Waals surface area contributed by atoms with Crippen LogP contribution in [0.25, 0.3) is 0 Å². The first-order valence-corrected chi connectivity index (χ1v) is 10.2. The van der Waals surface area contributed by atoms with Crippen molar-refractivity contribution in [1.82, 2.24) is 20.0 Å². The number of benzene rings is 1. The molecule has 0 aliphatic carbocycles. The fourth-order valence-electron chi connectivity index (χ4n) is 3.26. The Morgan fingerprint density at radius 2 is 1.86 bits per heavy atom. The van der Waals surface area contributed by atoms with Crippen LogP contribution < -0.4 is 10.1 Å². The fraction of sp³-hybridized carbons (Fsp3) is 0.619. The van der Waals surface area contributed by atoms with Crippen LogP contribution in [0, 0.1) is 0 Å². The zero-order valence-corrected chi connectivity index (χ0v) is 17.8. The Balaban J connectivity index is 1.84. The predicted octanol–water partition coefficient (Wildman–Crippen LogP) is 1.65. The van der Waals surface area contributed by atoms with Gasteiger partial charge in [-0.1, -0.05) is 12.1 Å². The summed E-state index contributed by atoms with van der Waals surface area (Å²) in [5.41, 5.74) is 1.22. The zero-order valence-electron chi connectivity index (χ0n) is 17.8. The Labute approximate surface area is 169 Å². The van der Waals surface area contributed by atoms with E-state index < -0.39 is 0 Å². The number of carbonyl (C=O) groups excluding carboxylic acids is 1. The van der Waals surface area contributed by atoms with Gasteiger partial charge >= 0.3 is 0 Å². The van der Waals surface area contributed by atoms with Gasteiger partial charge in [-0.3, -0.25) is 14.7 Å². The third kappa shape index (κ3) is 7.03.